The second kappa shape index (κ2) is 8.74. The highest BCUT2D eigenvalue weighted by Crippen LogP contribution is 2.44. The number of fused-ring (bicyclic) bond motifs is 11. The molecule has 0 aliphatic heterocycles. The Bertz CT molecular complexity index is 2890. The van der Waals surface area contributed by atoms with E-state index in [2.05, 4.69) is 167 Å². The average Bonchev–Trinajstić information content (AvgIpc) is 3.73. The van der Waals surface area contributed by atoms with Gasteiger partial charge in [-0.05, 0) is 93.3 Å². The zero-order valence-electron chi connectivity index (χ0n) is 24.9. The van der Waals surface area contributed by atoms with Crippen molar-refractivity contribution in [2.45, 2.75) is 0 Å². The fraction of sp³-hybridized carbons (Fsp3) is 0. The van der Waals surface area contributed by atoms with E-state index >= 15 is 0 Å². The summed E-state index contributed by atoms with van der Waals surface area (Å²) in [6.45, 7) is 0. The van der Waals surface area contributed by atoms with Crippen LogP contribution in [0.1, 0.15) is 0 Å². The van der Waals surface area contributed by atoms with Crippen LogP contribution in [-0.2, 0) is 0 Å². The van der Waals surface area contributed by atoms with Crippen LogP contribution in [0.4, 0.5) is 0 Å². The molecule has 0 atom stereocenters. The molecule has 2 nitrogen and oxygen atoms in total. The standard InChI is InChI=1S/C44H26N2/c1-2-14-33(15-3-1)45-40-17-9-8-16-34(40)35-19-18-31(26-41(35)45)32-22-38-36-20-27-10-4-6-12-29(27)24-42(36)46-43-25-30-13-7-5-11-28(30)21-37(43)39(23-32)44(38)46/h1-26H. The third kappa shape index (κ3) is 3.15. The van der Waals surface area contributed by atoms with Crippen LogP contribution in [0, 0.1) is 0 Å². The van der Waals surface area contributed by atoms with Crippen molar-refractivity contribution in [3.05, 3.63) is 158 Å². The van der Waals surface area contributed by atoms with Crippen LogP contribution in [0.3, 0.4) is 0 Å². The molecule has 0 amide bonds. The highest BCUT2D eigenvalue weighted by Gasteiger charge is 2.21. The Balaban J connectivity index is 1.28. The van der Waals surface area contributed by atoms with Crippen LogP contribution in [0.15, 0.2) is 158 Å². The number of para-hydroxylation sites is 2. The lowest BCUT2D eigenvalue weighted by atomic mass is 9.97. The van der Waals surface area contributed by atoms with E-state index in [0.717, 1.165) is 0 Å². The first-order chi connectivity index (χ1) is 22.8. The molecule has 0 N–H and O–H groups in total. The van der Waals surface area contributed by atoms with Gasteiger partial charge in [-0.2, -0.15) is 0 Å². The van der Waals surface area contributed by atoms with Crippen LogP contribution in [0.5, 0.6) is 0 Å². The topological polar surface area (TPSA) is 9.34 Å². The van der Waals surface area contributed by atoms with E-state index in [1.54, 1.807) is 0 Å². The molecular weight excluding hydrogens is 556 g/mol. The zero-order valence-corrected chi connectivity index (χ0v) is 24.9. The number of benzene rings is 8. The minimum absolute atomic E-state index is 1.18. The maximum absolute atomic E-state index is 2.51. The molecule has 0 bridgehead atoms. The van der Waals surface area contributed by atoms with Gasteiger partial charge in [0.15, 0.2) is 0 Å². The lowest BCUT2D eigenvalue weighted by Crippen LogP contribution is -1.93. The Hall–Kier alpha value is -6.12. The first kappa shape index (κ1) is 24.2. The molecule has 0 spiro atoms. The lowest BCUT2D eigenvalue weighted by molar-refractivity contribution is 1.18. The third-order valence-electron chi connectivity index (χ3n) is 10.1. The molecule has 11 aromatic rings. The van der Waals surface area contributed by atoms with Crippen LogP contribution >= 0.6 is 0 Å². The Kier molecular flexibility index (Phi) is 4.61. The van der Waals surface area contributed by atoms with Gasteiger partial charge in [0.2, 0.25) is 0 Å². The summed E-state index contributed by atoms with van der Waals surface area (Å²) in [5, 5.41) is 12.8. The molecule has 0 unspecified atom stereocenters. The summed E-state index contributed by atoms with van der Waals surface area (Å²) in [6, 6.07) is 58.3. The summed E-state index contributed by atoms with van der Waals surface area (Å²) in [4.78, 5) is 0. The van der Waals surface area contributed by atoms with Crippen molar-refractivity contribution in [1.29, 1.82) is 0 Å². The first-order valence-corrected chi connectivity index (χ1v) is 15.9. The van der Waals surface area contributed by atoms with Crippen molar-refractivity contribution in [3.8, 4) is 16.8 Å². The van der Waals surface area contributed by atoms with E-state index in [0.29, 0.717) is 0 Å². The van der Waals surface area contributed by atoms with Crippen molar-refractivity contribution in [2.24, 2.45) is 0 Å². The Morgan fingerprint density at radius 3 is 1.50 bits per heavy atom. The Morgan fingerprint density at radius 1 is 0.304 bits per heavy atom. The molecule has 3 aromatic heterocycles. The van der Waals surface area contributed by atoms with Gasteiger partial charge in [0.25, 0.3) is 0 Å². The molecule has 0 fully saturated rings. The number of hydrogen-bond acceptors (Lipinski definition) is 0. The monoisotopic (exact) mass is 582 g/mol. The lowest BCUT2D eigenvalue weighted by Gasteiger charge is -2.09. The quantitative estimate of drug-likeness (QED) is 0.192. The molecular formula is C44H26N2. The van der Waals surface area contributed by atoms with E-state index < -0.39 is 0 Å². The first-order valence-electron chi connectivity index (χ1n) is 15.9. The molecule has 0 saturated heterocycles. The molecule has 0 aliphatic carbocycles. The summed E-state index contributed by atoms with van der Waals surface area (Å²) >= 11 is 0. The van der Waals surface area contributed by atoms with Crippen LogP contribution in [-0.4, -0.2) is 8.97 Å². The zero-order chi connectivity index (χ0) is 29.9. The van der Waals surface area contributed by atoms with Crippen molar-refractivity contribution in [1.82, 2.24) is 8.97 Å². The minimum Gasteiger partial charge on any atom is -0.309 e. The summed E-state index contributed by atoms with van der Waals surface area (Å²) in [7, 11) is 0. The maximum Gasteiger partial charge on any atom is 0.0620 e. The fourth-order valence-corrected chi connectivity index (χ4v) is 8.09. The highest BCUT2D eigenvalue weighted by molar-refractivity contribution is 6.27. The van der Waals surface area contributed by atoms with Crippen molar-refractivity contribution < 1.29 is 0 Å². The molecule has 0 aliphatic rings. The minimum atomic E-state index is 1.18. The largest absolute Gasteiger partial charge is 0.309 e. The van der Waals surface area contributed by atoms with E-state index in [-0.39, 0.29) is 0 Å². The predicted molar refractivity (Wildman–Crippen MR) is 196 cm³/mol. The van der Waals surface area contributed by atoms with Crippen molar-refractivity contribution in [2.75, 3.05) is 0 Å². The van der Waals surface area contributed by atoms with Crippen molar-refractivity contribution >= 4 is 81.4 Å². The van der Waals surface area contributed by atoms with Gasteiger partial charge in [-0.15, -0.1) is 0 Å². The van der Waals surface area contributed by atoms with Crippen LogP contribution < -0.4 is 0 Å². The molecule has 46 heavy (non-hydrogen) atoms. The normalized spacial score (nSPS) is 12.3. The number of rotatable bonds is 2. The predicted octanol–water partition coefficient (Wildman–Crippen LogP) is 11.9. The second-order valence-electron chi connectivity index (χ2n) is 12.6. The molecule has 0 saturated carbocycles. The molecule has 3 heterocycles. The van der Waals surface area contributed by atoms with Gasteiger partial charge in [0.05, 0.1) is 27.6 Å². The van der Waals surface area contributed by atoms with Crippen LogP contribution in [0.2, 0.25) is 0 Å². The number of nitrogens with zero attached hydrogens (tertiary/aromatic N) is 2. The molecule has 8 aromatic carbocycles. The van der Waals surface area contributed by atoms with E-state index in [1.807, 2.05) is 0 Å². The third-order valence-corrected chi connectivity index (χ3v) is 10.1. The Morgan fingerprint density at radius 2 is 0.848 bits per heavy atom. The molecule has 11 rings (SSSR count). The SMILES string of the molecule is c1ccc(-n2c3ccccc3c3ccc(-c4cc5c6cc7ccccc7cc6n6c7cc8ccccc8cc7c(c4)c56)cc32)cc1. The number of aromatic nitrogens is 2. The second-order valence-corrected chi connectivity index (χ2v) is 12.6. The smallest absolute Gasteiger partial charge is 0.0620 e. The maximum atomic E-state index is 2.51. The van der Waals surface area contributed by atoms with Crippen LogP contribution in [0.25, 0.3) is 98.3 Å². The molecule has 0 radical (unpaired) electrons. The van der Waals surface area contributed by atoms with Gasteiger partial charge < -0.3 is 8.97 Å². The van der Waals surface area contributed by atoms with E-state index in [4.69, 9.17) is 0 Å². The summed E-state index contributed by atoms with van der Waals surface area (Å²) < 4.78 is 4.92. The van der Waals surface area contributed by atoms with E-state index in [9.17, 15) is 0 Å². The van der Waals surface area contributed by atoms with Gasteiger partial charge in [-0.25, -0.2) is 0 Å². The van der Waals surface area contributed by atoms with Crippen molar-refractivity contribution in [3.63, 3.8) is 0 Å². The summed E-state index contributed by atoms with van der Waals surface area (Å²) in [5.74, 6) is 0. The van der Waals surface area contributed by atoms with Gasteiger partial charge in [-0.1, -0.05) is 97.1 Å². The highest BCUT2D eigenvalue weighted by atomic mass is 15.0. The summed E-state index contributed by atoms with van der Waals surface area (Å²) in [5.41, 5.74) is 9.92. The summed E-state index contributed by atoms with van der Waals surface area (Å²) in [6.07, 6.45) is 0. The van der Waals surface area contributed by atoms with Gasteiger partial charge in [0.1, 0.15) is 0 Å². The van der Waals surface area contributed by atoms with E-state index in [1.165, 1.54) is 98.3 Å². The van der Waals surface area contributed by atoms with Gasteiger partial charge in [0, 0.05) is 38.0 Å². The molecule has 212 valence electrons. The average molecular weight is 583 g/mol. The number of hydrogen-bond donors (Lipinski definition) is 0. The Labute approximate surface area is 264 Å². The molecule has 2 heteroatoms. The van der Waals surface area contributed by atoms with Gasteiger partial charge >= 0.3 is 0 Å². The fourth-order valence-electron chi connectivity index (χ4n) is 8.09. The van der Waals surface area contributed by atoms with Gasteiger partial charge in [-0.3, -0.25) is 0 Å².